The minimum atomic E-state index is -3.73. The van der Waals surface area contributed by atoms with Crippen molar-refractivity contribution in [2.45, 2.75) is 24.6 Å². The first kappa shape index (κ1) is 23.9. The summed E-state index contributed by atoms with van der Waals surface area (Å²) in [7, 11) is -3.73. The van der Waals surface area contributed by atoms with E-state index in [0.29, 0.717) is 37.2 Å². The Bertz CT molecular complexity index is 1250. The number of thiophene rings is 1. The van der Waals surface area contributed by atoms with E-state index in [4.69, 9.17) is 4.74 Å². The number of benzene rings is 1. The number of hydrogen-bond donors (Lipinski definition) is 3. The summed E-state index contributed by atoms with van der Waals surface area (Å²) < 4.78 is 33.6. The molecule has 34 heavy (non-hydrogen) atoms. The Morgan fingerprint density at radius 2 is 1.79 bits per heavy atom. The average Bonchev–Trinajstić information content (AvgIpc) is 3.29. The molecular weight excluding hydrogens is 476 g/mol. The average molecular weight is 503 g/mol. The normalized spacial score (nSPS) is 14.0. The van der Waals surface area contributed by atoms with Gasteiger partial charge in [-0.3, -0.25) is 9.52 Å². The summed E-state index contributed by atoms with van der Waals surface area (Å²) >= 11 is 1.12. The third-order valence-electron chi connectivity index (χ3n) is 4.96. The van der Waals surface area contributed by atoms with Crippen LogP contribution in [0.4, 0.5) is 23.1 Å². The van der Waals surface area contributed by atoms with Crippen molar-refractivity contribution in [3.63, 3.8) is 0 Å². The lowest BCUT2D eigenvalue weighted by Gasteiger charge is -2.27. The van der Waals surface area contributed by atoms with E-state index in [1.165, 1.54) is 13.0 Å². The monoisotopic (exact) mass is 502 g/mol. The molecule has 0 spiro atoms. The van der Waals surface area contributed by atoms with Gasteiger partial charge in [-0.1, -0.05) is 0 Å². The first-order valence-corrected chi connectivity index (χ1v) is 13.0. The molecule has 1 fully saturated rings. The number of anilines is 4. The minimum absolute atomic E-state index is 0.168. The van der Waals surface area contributed by atoms with Gasteiger partial charge >= 0.3 is 0 Å². The first-order valence-electron chi connectivity index (χ1n) is 10.7. The molecule has 2 aromatic heterocycles. The predicted octanol–water partition coefficient (Wildman–Crippen LogP) is 2.86. The fourth-order valence-corrected chi connectivity index (χ4v) is 5.66. The number of amides is 1. The Labute approximate surface area is 202 Å². The van der Waals surface area contributed by atoms with Crippen molar-refractivity contribution in [2.24, 2.45) is 0 Å². The zero-order valence-corrected chi connectivity index (χ0v) is 20.5. The molecule has 1 saturated heterocycles. The van der Waals surface area contributed by atoms with Gasteiger partial charge in [0.2, 0.25) is 11.9 Å². The number of carbonyl (C=O) groups is 1. The highest BCUT2D eigenvalue weighted by Crippen LogP contribution is 2.26. The van der Waals surface area contributed by atoms with Crippen LogP contribution in [0.25, 0.3) is 0 Å². The largest absolute Gasteiger partial charge is 0.378 e. The summed E-state index contributed by atoms with van der Waals surface area (Å²) in [6.45, 7) is 6.43. The lowest BCUT2D eigenvalue weighted by atomic mass is 10.3. The van der Waals surface area contributed by atoms with Crippen LogP contribution >= 0.6 is 11.3 Å². The number of ether oxygens (including phenoxy) is 1. The van der Waals surface area contributed by atoms with Crippen molar-refractivity contribution in [3.05, 3.63) is 53.0 Å². The smallest absolute Gasteiger partial charge is 0.271 e. The Kier molecular flexibility index (Phi) is 7.29. The Morgan fingerprint density at radius 3 is 2.50 bits per heavy atom. The number of nitrogens with one attached hydrogen (secondary N) is 3. The number of aromatic nitrogens is 2. The molecule has 12 heteroatoms. The fourth-order valence-electron chi connectivity index (χ4n) is 3.31. The zero-order chi connectivity index (χ0) is 24.1. The molecule has 0 saturated carbocycles. The molecule has 3 N–H and O–H groups in total. The van der Waals surface area contributed by atoms with Crippen molar-refractivity contribution >= 4 is 50.4 Å². The zero-order valence-electron chi connectivity index (χ0n) is 18.9. The number of carbonyl (C=O) groups excluding carboxylic acids is 1. The van der Waals surface area contributed by atoms with E-state index in [9.17, 15) is 13.2 Å². The lowest BCUT2D eigenvalue weighted by molar-refractivity contribution is -0.119. The number of nitrogens with zero attached hydrogens (tertiary/aromatic N) is 3. The van der Waals surface area contributed by atoms with Gasteiger partial charge in [0.25, 0.3) is 10.0 Å². The molecule has 0 bridgehead atoms. The van der Waals surface area contributed by atoms with Crippen LogP contribution in [0.1, 0.15) is 17.5 Å². The highest BCUT2D eigenvalue weighted by molar-refractivity contribution is 7.94. The molecule has 10 nitrogen and oxygen atoms in total. The van der Waals surface area contributed by atoms with Gasteiger partial charge in [0, 0.05) is 48.0 Å². The minimum Gasteiger partial charge on any atom is -0.378 e. The van der Waals surface area contributed by atoms with Gasteiger partial charge in [0.15, 0.2) is 0 Å². The van der Waals surface area contributed by atoms with Crippen molar-refractivity contribution in [1.82, 2.24) is 15.3 Å². The third kappa shape index (κ3) is 6.22. The molecule has 0 unspecified atom stereocenters. The van der Waals surface area contributed by atoms with E-state index in [1.807, 2.05) is 13.0 Å². The molecule has 1 aromatic carbocycles. The van der Waals surface area contributed by atoms with Crippen LogP contribution in [0.2, 0.25) is 0 Å². The van der Waals surface area contributed by atoms with Gasteiger partial charge in [0.05, 0.1) is 19.8 Å². The standard InChI is InChI=1S/C22H26N6O4S2/c1-15-13-20(26-22(24-15)28-9-11-32-12-10-28)25-17-3-5-18(6-4-17)27-34(30,31)21-8-7-19(33-21)14-23-16(2)29/h3-8,13,27H,9-12,14H2,1-2H3,(H,23,29)(H,24,25,26). The van der Waals surface area contributed by atoms with Gasteiger partial charge in [-0.2, -0.15) is 4.98 Å². The fraction of sp³-hybridized carbons (Fsp3) is 0.318. The van der Waals surface area contributed by atoms with E-state index in [2.05, 4.69) is 30.2 Å². The van der Waals surface area contributed by atoms with Gasteiger partial charge in [-0.15, -0.1) is 11.3 Å². The number of rotatable bonds is 8. The van der Waals surface area contributed by atoms with Crippen molar-refractivity contribution in [2.75, 3.05) is 41.2 Å². The molecule has 3 heterocycles. The summed E-state index contributed by atoms with van der Waals surface area (Å²) in [6, 6.07) is 12.0. The molecule has 0 radical (unpaired) electrons. The third-order valence-corrected chi connectivity index (χ3v) is 7.92. The number of sulfonamides is 1. The number of aryl methyl sites for hydroxylation is 1. The molecule has 1 aliphatic rings. The van der Waals surface area contributed by atoms with Gasteiger partial charge in [0.1, 0.15) is 10.0 Å². The molecule has 0 aliphatic carbocycles. The van der Waals surface area contributed by atoms with E-state index in [0.717, 1.165) is 40.7 Å². The number of hydrogen-bond acceptors (Lipinski definition) is 9. The second-order valence-electron chi connectivity index (χ2n) is 7.73. The Hall–Kier alpha value is -3.22. The van der Waals surface area contributed by atoms with Crippen LogP contribution in [0.15, 0.2) is 46.7 Å². The van der Waals surface area contributed by atoms with Crippen molar-refractivity contribution < 1.29 is 17.9 Å². The maximum Gasteiger partial charge on any atom is 0.271 e. The molecule has 180 valence electrons. The molecular formula is C22H26N6O4S2. The van der Waals surface area contributed by atoms with E-state index >= 15 is 0 Å². The summed E-state index contributed by atoms with van der Waals surface area (Å²) in [5, 5.41) is 5.91. The van der Waals surface area contributed by atoms with Crippen LogP contribution in [-0.2, 0) is 26.1 Å². The highest BCUT2D eigenvalue weighted by Gasteiger charge is 2.18. The van der Waals surface area contributed by atoms with E-state index in [-0.39, 0.29) is 10.1 Å². The van der Waals surface area contributed by atoms with Crippen LogP contribution in [0, 0.1) is 6.92 Å². The van der Waals surface area contributed by atoms with Crippen LogP contribution in [-0.4, -0.2) is 50.6 Å². The molecule has 1 amide bonds. The van der Waals surface area contributed by atoms with E-state index in [1.54, 1.807) is 30.3 Å². The summed E-state index contributed by atoms with van der Waals surface area (Å²) in [4.78, 5) is 23.0. The topological polar surface area (TPSA) is 126 Å². The predicted molar refractivity (Wildman–Crippen MR) is 132 cm³/mol. The number of morpholine rings is 1. The highest BCUT2D eigenvalue weighted by atomic mass is 32.2. The maximum absolute atomic E-state index is 12.7. The van der Waals surface area contributed by atoms with Gasteiger partial charge < -0.3 is 20.3 Å². The summed E-state index contributed by atoms with van der Waals surface area (Å²) in [6.07, 6.45) is 0. The van der Waals surface area contributed by atoms with Crippen molar-refractivity contribution in [1.29, 1.82) is 0 Å². The molecule has 1 aliphatic heterocycles. The van der Waals surface area contributed by atoms with Gasteiger partial charge in [-0.25, -0.2) is 13.4 Å². The van der Waals surface area contributed by atoms with Crippen LogP contribution in [0.3, 0.4) is 0 Å². The first-order chi connectivity index (χ1) is 16.3. The van der Waals surface area contributed by atoms with E-state index < -0.39 is 10.0 Å². The Morgan fingerprint density at radius 1 is 1.09 bits per heavy atom. The summed E-state index contributed by atoms with van der Waals surface area (Å²) in [5.41, 5.74) is 2.05. The molecule has 0 atom stereocenters. The van der Waals surface area contributed by atoms with Gasteiger partial charge in [-0.05, 0) is 43.3 Å². The summed E-state index contributed by atoms with van der Waals surface area (Å²) in [5.74, 6) is 1.15. The van der Waals surface area contributed by atoms with Crippen molar-refractivity contribution in [3.8, 4) is 0 Å². The SMILES string of the molecule is CC(=O)NCc1ccc(S(=O)(=O)Nc2ccc(Nc3cc(C)nc(N4CCOCC4)n3)cc2)s1. The lowest BCUT2D eigenvalue weighted by Crippen LogP contribution is -2.37. The molecule has 4 rings (SSSR count). The van der Waals surface area contributed by atoms with Crippen LogP contribution < -0.4 is 20.3 Å². The quantitative estimate of drug-likeness (QED) is 0.429. The Balaban J connectivity index is 1.41. The maximum atomic E-state index is 12.7. The second-order valence-corrected chi connectivity index (χ2v) is 10.8. The second kappa shape index (κ2) is 10.4. The molecule has 3 aromatic rings. The van der Waals surface area contributed by atoms with Crippen LogP contribution in [0.5, 0.6) is 0 Å².